The Labute approximate surface area is 167 Å². The fourth-order valence-corrected chi connectivity index (χ4v) is 3.58. The minimum absolute atomic E-state index is 0. The third-order valence-corrected chi connectivity index (χ3v) is 5.47. The molecule has 1 aliphatic heterocycles. The van der Waals surface area contributed by atoms with Crippen molar-refractivity contribution in [3.05, 3.63) is 16.1 Å². The molecule has 138 valence electrons. The van der Waals surface area contributed by atoms with E-state index >= 15 is 0 Å². The first-order valence-corrected chi connectivity index (χ1v) is 9.67. The zero-order valence-electron chi connectivity index (χ0n) is 15.2. The quantitative estimate of drug-likeness (QED) is 0.370. The predicted molar refractivity (Wildman–Crippen MR) is 115 cm³/mol. The maximum atomic E-state index is 4.77. The summed E-state index contributed by atoms with van der Waals surface area (Å²) >= 11 is 1.82. The van der Waals surface area contributed by atoms with Gasteiger partial charge in [-0.3, -0.25) is 4.99 Å². The molecule has 2 rings (SSSR count). The first-order chi connectivity index (χ1) is 11.2. The number of aromatic nitrogens is 1. The Kier molecular flexibility index (Phi) is 10.8. The number of aryl methyl sites for hydroxylation is 1. The summed E-state index contributed by atoms with van der Waals surface area (Å²) in [5, 5.41) is 7.99. The number of likely N-dealkylation sites (tertiary alicyclic amines) is 1. The average Bonchev–Trinajstić information content (AvgIpc) is 3.02. The predicted octanol–water partition coefficient (Wildman–Crippen LogP) is 2.76. The van der Waals surface area contributed by atoms with E-state index in [2.05, 4.69) is 41.4 Å². The lowest BCUT2D eigenvalue weighted by Gasteiger charge is -2.28. The first-order valence-electron chi connectivity index (χ1n) is 8.85. The number of rotatable bonds is 7. The minimum atomic E-state index is 0. The van der Waals surface area contributed by atoms with Gasteiger partial charge in [0.2, 0.25) is 0 Å². The second-order valence-electron chi connectivity index (χ2n) is 6.22. The number of guanidine groups is 1. The van der Waals surface area contributed by atoms with Crippen molar-refractivity contribution in [2.75, 3.05) is 39.8 Å². The first kappa shape index (κ1) is 21.6. The van der Waals surface area contributed by atoms with Crippen LogP contribution in [-0.2, 0) is 12.8 Å². The molecule has 0 aromatic carbocycles. The van der Waals surface area contributed by atoms with E-state index < -0.39 is 0 Å². The Morgan fingerprint density at radius 2 is 2.08 bits per heavy atom. The van der Waals surface area contributed by atoms with Crippen LogP contribution in [0.1, 0.15) is 36.6 Å². The van der Waals surface area contributed by atoms with Crippen LogP contribution < -0.4 is 10.6 Å². The fourth-order valence-electron chi connectivity index (χ4n) is 2.72. The Balaban J connectivity index is 0.00000288. The molecule has 7 heteroatoms. The van der Waals surface area contributed by atoms with E-state index in [4.69, 9.17) is 4.99 Å². The Morgan fingerprint density at radius 3 is 2.71 bits per heavy atom. The molecule has 0 atom stereocenters. The van der Waals surface area contributed by atoms with Crippen LogP contribution >= 0.6 is 35.3 Å². The second-order valence-corrected chi connectivity index (χ2v) is 7.42. The summed E-state index contributed by atoms with van der Waals surface area (Å²) in [6.45, 7) is 9.41. The maximum absolute atomic E-state index is 4.77. The van der Waals surface area contributed by atoms with Crippen LogP contribution in [0.3, 0.4) is 0 Å². The molecule has 1 fully saturated rings. The van der Waals surface area contributed by atoms with E-state index in [0.29, 0.717) is 0 Å². The molecule has 2 N–H and O–H groups in total. The summed E-state index contributed by atoms with van der Waals surface area (Å²) in [6, 6.07) is 0. The van der Waals surface area contributed by atoms with E-state index in [1.165, 1.54) is 35.8 Å². The third kappa shape index (κ3) is 7.65. The number of hydrogen-bond acceptors (Lipinski definition) is 4. The highest BCUT2D eigenvalue weighted by atomic mass is 127. The van der Waals surface area contributed by atoms with Crippen LogP contribution in [0.5, 0.6) is 0 Å². The highest BCUT2D eigenvalue weighted by Crippen LogP contribution is 2.16. The van der Waals surface area contributed by atoms with Gasteiger partial charge in [-0.2, -0.15) is 0 Å². The number of nitrogens with zero attached hydrogens (tertiary/aromatic N) is 3. The van der Waals surface area contributed by atoms with Crippen LogP contribution in [0.15, 0.2) is 11.2 Å². The Morgan fingerprint density at radius 1 is 1.33 bits per heavy atom. The second kappa shape index (κ2) is 12.0. The monoisotopic (exact) mass is 465 g/mol. The molecule has 0 radical (unpaired) electrons. The number of halogens is 1. The zero-order valence-corrected chi connectivity index (χ0v) is 18.3. The molecular formula is C17H32IN5S. The van der Waals surface area contributed by atoms with Gasteiger partial charge in [0.1, 0.15) is 0 Å². The maximum Gasteiger partial charge on any atom is 0.191 e. The SMILES string of the molecule is CCNC(=NCC1CCN(C)CC1)NCCc1ncc(CC)s1.I. The number of hydrogen-bond donors (Lipinski definition) is 2. The van der Waals surface area contributed by atoms with Crippen LogP contribution in [-0.4, -0.2) is 55.6 Å². The standard InChI is InChI=1S/C17H31N5S.HI/c1-4-15-13-20-16(23-15)6-9-19-17(18-5-2)21-12-14-7-10-22(3)11-8-14;/h13-14H,4-12H2,1-3H3,(H2,18,19,21);1H. The summed E-state index contributed by atoms with van der Waals surface area (Å²) in [6.07, 6.45) is 6.56. The van der Waals surface area contributed by atoms with Crippen molar-refractivity contribution in [2.45, 2.75) is 39.5 Å². The molecule has 0 aliphatic carbocycles. The molecular weight excluding hydrogens is 433 g/mol. The summed E-state index contributed by atoms with van der Waals surface area (Å²) in [7, 11) is 2.20. The van der Waals surface area contributed by atoms with Crippen molar-refractivity contribution < 1.29 is 0 Å². The van der Waals surface area contributed by atoms with E-state index in [-0.39, 0.29) is 24.0 Å². The molecule has 2 heterocycles. The lowest BCUT2D eigenvalue weighted by atomic mass is 9.97. The summed E-state index contributed by atoms with van der Waals surface area (Å²) < 4.78 is 0. The molecule has 0 amide bonds. The topological polar surface area (TPSA) is 52.6 Å². The van der Waals surface area contributed by atoms with E-state index in [1.807, 2.05) is 17.5 Å². The van der Waals surface area contributed by atoms with Crippen LogP contribution in [0.25, 0.3) is 0 Å². The molecule has 0 unspecified atom stereocenters. The lowest BCUT2D eigenvalue weighted by molar-refractivity contribution is 0.223. The number of aliphatic imine (C=N–C) groups is 1. The molecule has 1 aromatic rings. The summed E-state index contributed by atoms with van der Waals surface area (Å²) in [4.78, 5) is 13.0. The third-order valence-electron chi connectivity index (χ3n) is 4.27. The van der Waals surface area contributed by atoms with Crippen molar-refractivity contribution in [3.8, 4) is 0 Å². The van der Waals surface area contributed by atoms with Gasteiger partial charge < -0.3 is 15.5 Å². The van der Waals surface area contributed by atoms with Gasteiger partial charge in [0.15, 0.2) is 5.96 Å². The molecule has 1 saturated heterocycles. The van der Waals surface area contributed by atoms with Crippen molar-refractivity contribution >= 4 is 41.3 Å². The van der Waals surface area contributed by atoms with Crippen molar-refractivity contribution in [1.82, 2.24) is 20.5 Å². The van der Waals surface area contributed by atoms with Gasteiger partial charge >= 0.3 is 0 Å². The highest BCUT2D eigenvalue weighted by molar-refractivity contribution is 14.0. The van der Waals surface area contributed by atoms with Gasteiger partial charge in [0.05, 0.1) is 5.01 Å². The van der Waals surface area contributed by atoms with Gasteiger partial charge in [-0.1, -0.05) is 6.92 Å². The van der Waals surface area contributed by atoms with Crippen molar-refractivity contribution in [1.29, 1.82) is 0 Å². The van der Waals surface area contributed by atoms with Crippen LogP contribution in [0.4, 0.5) is 0 Å². The highest BCUT2D eigenvalue weighted by Gasteiger charge is 2.16. The molecule has 0 saturated carbocycles. The van der Waals surface area contributed by atoms with Gasteiger partial charge in [0, 0.05) is 37.1 Å². The molecule has 0 bridgehead atoms. The Hall–Kier alpha value is -0.410. The molecule has 1 aromatic heterocycles. The Bertz CT molecular complexity index is 483. The van der Waals surface area contributed by atoms with Crippen molar-refractivity contribution in [2.24, 2.45) is 10.9 Å². The van der Waals surface area contributed by atoms with Gasteiger partial charge in [-0.05, 0) is 52.2 Å². The average molecular weight is 465 g/mol. The molecule has 5 nitrogen and oxygen atoms in total. The van der Waals surface area contributed by atoms with E-state index in [0.717, 1.165) is 44.4 Å². The normalized spacial score (nSPS) is 16.7. The minimum Gasteiger partial charge on any atom is -0.357 e. The molecule has 1 aliphatic rings. The van der Waals surface area contributed by atoms with E-state index in [9.17, 15) is 0 Å². The van der Waals surface area contributed by atoms with Crippen LogP contribution in [0.2, 0.25) is 0 Å². The number of thiazole rings is 1. The van der Waals surface area contributed by atoms with Crippen LogP contribution in [0, 0.1) is 5.92 Å². The number of nitrogens with one attached hydrogen (secondary N) is 2. The van der Waals surface area contributed by atoms with Gasteiger partial charge in [-0.25, -0.2) is 4.98 Å². The van der Waals surface area contributed by atoms with Gasteiger partial charge in [0.25, 0.3) is 0 Å². The summed E-state index contributed by atoms with van der Waals surface area (Å²) in [5.74, 6) is 1.67. The number of piperidine rings is 1. The smallest absolute Gasteiger partial charge is 0.191 e. The van der Waals surface area contributed by atoms with Gasteiger partial charge in [-0.15, -0.1) is 35.3 Å². The molecule has 0 spiro atoms. The lowest BCUT2D eigenvalue weighted by Crippen LogP contribution is -2.39. The van der Waals surface area contributed by atoms with Crippen molar-refractivity contribution in [3.63, 3.8) is 0 Å². The fraction of sp³-hybridized carbons (Fsp3) is 0.765. The largest absolute Gasteiger partial charge is 0.357 e. The summed E-state index contributed by atoms with van der Waals surface area (Å²) in [5.41, 5.74) is 0. The zero-order chi connectivity index (χ0) is 16.5. The molecule has 24 heavy (non-hydrogen) atoms. The van der Waals surface area contributed by atoms with E-state index in [1.54, 1.807) is 0 Å².